The highest BCUT2D eigenvalue weighted by atomic mass is 16.5. The number of fused-ring (bicyclic) bond motifs is 3. The zero-order chi connectivity index (χ0) is 18.2. The number of hydrogen-bond acceptors (Lipinski definition) is 4. The Balaban J connectivity index is 1.96. The fraction of sp³-hybridized carbons (Fsp3) is 0.619. The number of allylic oxidation sites excluding steroid dienone is 2. The zero-order valence-electron chi connectivity index (χ0n) is 16.0. The van der Waals surface area contributed by atoms with Gasteiger partial charge in [0.1, 0.15) is 17.1 Å². The third-order valence-electron chi connectivity index (χ3n) is 5.61. The van der Waals surface area contributed by atoms with Gasteiger partial charge in [-0.05, 0) is 58.2 Å². The number of phenols is 1. The summed E-state index contributed by atoms with van der Waals surface area (Å²) < 4.78 is 17.2. The van der Waals surface area contributed by atoms with Gasteiger partial charge in [-0.25, -0.2) is 0 Å². The lowest BCUT2D eigenvalue weighted by molar-refractivity contribution is 0.00883. The van der Waals surface area contributed by atoms with Crippen molar-refractivity contribution in [1.82, 2.24) is 0 Å². The molecule has 138 valence electrons. The highest BCUT2D eigenvalue weighted by Gasteiger charge is 2.45. The van der Waals surface area contributed by atoms with Crippen LogP contribution in [0.15, 0.2) is 23.8 Å². The second kappa shape index (κ2) is 7.00. The molecule has 1 aliphatic heterocycles. The quantitative estimate of drug-likeness (QED) is 0.619. The number of benzene rings is 1. The van der Waals surface area contributed by atoms with E-state index in [0.717, 1.165) is 29.7 Å². The SMILES string of the molecule is COCCOC(C)c1cc(O)c2c(c1)OC(C)(C)[C@@H]1CCC(C)=CC21. The average Bonchev–Trinajstić information content (AvgIpc) is 2.53. The Bertz CT molecular complexity index is 662. The van der Waals surface area contributed by atoms with Crippen molar-refractivity contribution < 1.29 is 19.3 Å². The molecule has 0 aromatic heterocycles. The Kier molecular flexibility index (Phi) is 5.12. The Labute approximate surface area is 150 Å². The summed E-state index contributed by atoms with van der Waals surface area (Å²) in [5.41, 5.74) is 3.00. The summed E-state index contributed by atoms with van der Waals surface area (Å²) in [6.45, 7) is 9.55. The number of ether oxygens (including phenoxy) is 3. The highest BCUT2D eigenvalue weighted by Crippen LogP contribution is 2.53. The Morgan fingerprint density at radius 1 is 1.32 bits per heavy atom. The van der Waals surface area contributed by atoms with E-state index in [-0.39, 0.29) is 17.6 Å². The molecule has 1 heterocycles. The number of rotatable bonds is 5. The molecule has 1 aliphatic carbocycles. The van der Waals surface area contributed by atoms with Gasteiger partial charge >= 0.3 is 0 Å². The molecule has 4 nitrogen and oxygen atoms in total. The van der Waals surface area contributed by atoms with E-state index in [0.29, 0.717) is 24.9 Å². The van der Waals surface area contributed by atoms with Crippen LogP contribution in [0.2, 0.25) is 0 Å². The van der Waals surface area contributed by atoms with Crippen LogP contribution in [0.3, 0.4) is 0 Å². The van der Waals surface area contributed by atoms with Crippen LogP contribution in [-0.2, 0) is 9.47 Å². The summed E-state index contributed by atoms with van der Waals surface area (Å²) in [4.78, 5) is 0. The van der Waals surface area contributed by atoms with Crippen molar-refractivity contribution in [1.29, 1.82) is 0 Å². The number of phenolic OH excluding ortho intramolecular Hbond substituents is 1. The largest absolute Gasteiger partial charge is 0.507 e. The van der Waals surface area contributed by atoms with Gasteiger partial charge in [0.15, 0.2) is 0 Å². The molecule has 0 bridgehead atoms. The second-order valence-corrected chi connectivity index (χ2v) is 7.85. The minimum absolute atomic E-state index is 0.126. The van der Waals surface area contributed by atoms with Crippen LogP contribution in [0.1, 0.15) is 63.7 Å². The summed E-state index contributed by atoms with van der Waals surface area (Å²) in [5, 5.41) is 10.8. The summed E-state index contributed by atoms with van der Waals surface area (Å²) in [6, 6.07) is 3.86. The van der Waals surface area contributed by atoms with Crippen molar-refractivity contribution in [3.8, 4) is 11.5 Å². The van der Waals surface area contributed by atoms with Gasteiger partial charge in [-0.1, -0.05) is 11.6 Å². The van der Waals surface area contributed by atoms with Crippen LogP contribution in [0.4, 0.5) is 0 Å². The molecular weight excluding hydrogens is 316 g/mol. The highest BCUT2D eigenvalue weighted by molar-refractivity contribution is 5.54. The fourth-order valence-corrected chi connectivity index (χ4v) is 4.18. The molecule has 0 saturated carbocycles. The molecule has 1 aromatic carbocycles. The monoisotopic (exact) mass is 346 g/mol. The molecule has 4 heteroatoms. The topological polar surface area (TPSA) is 47.9 Å². The van der Waals surface area contributed by atoms with E-state index in [1.807, 2.05) is 19.1 Å². The van der Waals surface area contributed by atoms with E-state index >= 15 is 0 Å². The molecule has 3 atom stereocenters. The van der Waals surface area contributed by atoms with Gasteiger partial charge < -0.3 is 19.3 Å². The number of aromatic hydroxyl groups is 1. The molecule has 0 spiro atoms. The first-order valence-corrected chi connectivity index (χ1v) is 9.17. The van der Waals surface area contributed by atoms with Gasteiger partial charge in [0.05, 0.1) is 19.3 Å². The second-order valence-electron chi connectivity index (χ2n) is 7.85. The molecule has 25 heavy (non-hydrogen) atoms. The van der Waals surface area contributed by atoms with Crippen molar-refractivity contribution in [3.05, 3.63) is 34.9 Å². The van der Waals surface area contributed by atoms with Crippen molar-refractivity contribution >= 4 is 0 Å². The van der Waals surface area contributed by atoms with E-state index < -0.39 is 0 Å². The van der Waals surface area contributed by atoms with Crippen molar-refractivity contribution in [3.63, 3.8) is 0 Å². The smallest absolute Gasteiger partial charge is 0.128 e. The van der Waals surface area contributed by atoms with Crippen molar-refractivity contribution in [2.45, 2.75) is 58.2 Å². The first-order valence-electron chi connectivity index (χ1n) is 9.17. The Hall–Kier alpha value is -1.52. The lowest BCUT2D eigenvalue weighted by Crippen LogP contribution is -2.45. The molecule has 2 unspecified atom stereocenters. The minimum Gasteiger partial charge on any atom is -0.507 e. The van der Waals surface area contributed by atoms with Crippen molar-refractivity contribution in [2.24, 2.45) is 5.92 Å². The van der Waals surface area contributed by atoms with Crippen LogP contribution in [0.25, 0.3) is 0 Å². The van der Waals surface area contributed by atoms with Crippen LogP contribution in [0, 0.1) is 5.92 Å². The lowest BCUT2D eigenvalue weighted by Gasteiger charge is -2.46. The zero-order valence-corrected chi connectivity index (χ0v) is 16.0. The van der Waals surface area contributed by atoms with E-state index in [1.165, 1.54) is 5.57 Å². The number of hydrogen-bond donors (Lipinski definition) is 1. The van der Waals surface area contributed by atoms with Gasteiger partial charge in [0.2, 0.25) is 0 Å². The molecule has 1 aromatic rings. The molecule has 2 aliphatic rings. The van der Waals surface area contributed by atoms with Crippen LogP contribution in [-0.4, -0.2) is 31.0 Å². The maximum Gasteiger partial charge on any atom is 0.128 e. The minimum atomic E-state index is -0.250. The van der Waals surface area contributed by atoms with Gasteiger partial charge in [-0.2, -0.15) is 0 Å². The summed E-state index contributed by atoms with van der Waals surface area (Å²) in [7, 11) is 1.66. The third kappa shape index (κ3) is 3.56. The van der Waals surface area contributed by atoms with Crippen LogP contribution in [0.5, 0.6) is 11.5 Å². The lowest BCUT2D eigenvalue weighted by atomic mass is 9.68. The summed E-state index contributed by atoms with van der Waals surface area (Å²) in [5.74, 6) is 1.70. The standard InChI is InChI=1S/C21H30O4/c1-13-6-7-17-16(10-13)20-18(22)11-15(14(2)24-9-8-23-5)12-19(20)25-21(17,3)4/h10-12,14,16-17,22H,6-9H2,1-5H3/t14?,16?,17-/m1/s1. The molecule has 0 saturated heterocycles. The number of methoxy groups -OCH3 is 1. The molecule has 0 amide bonds. The maximum atomic E-state index is 10.8. The summed E-state index contributed by atoms with van der Waals surface area (Å²) in [6.07, 6.45) is 4.39. The molecule has 3 rings (SSSR count). The predicted octanol–water partition coefficient (Wildman–Crippen LogP) is 4.73. The third-order valence-corrected chi connectivity index (χ3v) is 5.61. The molecule has 1 N–H and O–H groups in total. The van der Waals surface area contributed by atoms with E-state index in [1.54, 1.807) is 7.11 Å². The van der Waals surface area contributed by atoms with Gasteiger partial charge in [-0.3, -0.25) is 0 Å². The molecule has 0 fully saturated rings. The van der Waals surface area contributed by atoms with Crippen molar-refractivity contribution in [2.75, 3.05) is 20.3 Å². The van der Waals surface area contributed by atoms with E-state index in [9.17, 15) is 5.11 Å². The van der Waals surface area contributed by atoms with Gasteiger partial charge in [-0.15, -0.1) is 0 Å². The van der Waals surface area contributed by atoms with Gasteiger partial charge in [0, 0.05) is 24.5 Å². The first-order chi connectivity index (χ1) is 11.8. The normalized spacial score (nSPS) is 25.4. The molecule has 0 radical (unpaired) electrons. The maximum absolute atomic E-state index is 10.8. The van der Waals surface area contributed by atoms with Crippen LogP contribution < -0.4 is 4.74 Å². The summed E-state index contributed by atoms with van der Waals surface area (Å²) >= 11 is 0. The van der Waals surface area contributed by atoms with E-state index in [4.69, 9.17) is 14.2 Å². The van der Waals surface area contributed by atoms with E-state index in [2.05, 4.69) is 26.8 Å². The fourth-order valence-electron chi connectivity index (χ4n) is 4.18. The Morgan fingerprint density at radius 2 is 2.08 bits per heavy atom. The first kappa shape index (κ1) is 18.3. The predicted molar refractivity (Wildman–Crippen MR) is 98.3 cm³/mol. The van der Waals surface area contributed by atoms with Crippen LogP contribution >= 0.6 is 0 Å². The van der Waals surface area contributed by atoms with Gasteiger partial charge in [0.25, 0.3) is 0 Å². The average molecular weight is 346 g/mol. The molecular formula is C21H30O4. The Morgan fingerprint density at radius 3 is 2.80 bits per heavy atom.